The molecule has 20 heavy (non-hydrogen) atoms. The highest BCUT2D eigenvalue weighted by Gasteiger charge is 2.09. The van der Waals surface area contributed by atoms with Crippen molar-refractivity contribution in [1.82, 2.24) is 14.8 Å². The van der Waals surface area contributed by atoms with Crippen LogP contribution in [0.5, 0.6) is 0 Å². The number of nitrogens with one attached hydrogen (secondary N) is 1. The summed E-state index contributed by atoms with van der Waals surface area (Å²) in [6, 6.07) is 9.16. The van der Waals surface area contributed by atoms with E-state index in [1.165, 1.54) is 7.11 Å². The SMILES string of the molecule is CON(C)C(=O)Nc1cccc(-n2nc(C)cc2C)c1. The van der Waals surface area contributed by atoms with Gasteiger partial charge in [-0.3, -0.25) is 4.84 Å². The fourth-order valence-corrected chi connectivity index (χ4v) is 1.89. The molecule has 2 rings (SSSR count). The summed E-state index contributed by atoms with van der Waals surface area (Å²) in [5.41, 5.74) is 3.58. The van der Waals surface area contributed by atoms with E-state index < -0.39 is 0 Å². The molecule has 2 amide bonds. The summed E-state index contributed by atoms with van der Waals surface area (Å²) in [6.45, 7) is 3.94. The molecule has 0 saturated carbocycles. The number of hydrogen-bond acceptors (Lipinski definition) is 3. The Morgan fingerprint density at radius 2 is 2.10 bits per heavy atom. The Kier molecular flexibility index (Phi) is 4.05. The van der Waals surface area contributed by atoms with E-state index in [-0.39, 0.29) is 6.03 Å². The number of carbonyl (C=O) groups excluding carboxylic acids is 1. The van der Waals surface area contributed by atoms with Crippen LogP contribution in [0.25, 0.3) is 5.69 Å². The Balaban J connectivity index is 2.24. The minimum absolute atomic E-state index is 0.335. The first-order valence-corrected chi connectivity index (χ1v) is 6.24. The van der Waals surface area contributed by atoms with E-state index in [9.17, 15) is 4.79 Å². The second kappa shape index (κ2) is 5.75. The number of hydroxylamine groups is 2. The Labute approximate surface area is 117 Å². The van der Waals surface area contributed by atoms with Gasteiger partial charge in [-0.05, 0) is 38.1 Å². The van der Waals surface area contributed by atoms with Gasteiger partial charge < -0.3 is 5.32 Å². The summed E-state index contributed by atoms with van der Waals surface area (Å²) in [7, 11) is 2.98. The van der Waals surface area contributed by atoms with Crippen molar-refractivity contribution in [3.05, 3.63) is 41.7 Å². The minimum atomic E-state index is -0.335. The number of benzene rings is 1. The third-order valence-corrected chi connectivity index (χ3v) is 2.91. The van der Waals surface area contributed by atoms with Gasteiger partial charge >= 0.3 is 6.03 Å². The zero-order valence-corrected chi connectivity index (χ0v) is 12.0. The third kappa shape index (κ3) is 2.97. The highest BCUT2D eigenvalue weighted by Crippen LogP contribution is 2.17. The van der Waals surface area contributed by atoms with Gasteiger partial charge in [0.05, 0.1) is 18.5 Å². The number of amides is 2. The van der Waals surface area contributed by atoms with Gasteiger partial charge in [-0.2, -0.15) is 5.10 Å². The van der Waals surface area contributed by atoms with Crippen LogP contribution >= 0.6 is 0 Å². The summed E-state index contributed by atoms with van der Waals surface area (Å²) in [6.07, 6.45) is 0. The van der Waals surface area contributed by atoms with E-state index in [2.05, 4.69) is 10.4 Å². The second-order valence-electron chi connectivity index (χ2n) is 4.50. The molecule has 6 nitrogen and oxygen atoms in total. The van der Waals surface area contributed by atoms with E-state index in [0.29, 0.717) is 5.69 Å². The molecule has 1 N–H and O–H groups in total. The van der Waals surface area contributed by atoms with Crippen LogP contribution in [0, 0.1) is 13.8 Å². The molecule has 6 heteroatoms. The predicted octanol–water partition coefficient (Wildman–Crippen LogP) is 2.51. The molecule has 0 aliphatic rings. The fraction of sp³-hybridized carbons (Fsp3) is 0.286. The largest absolute Gasteiger partial charge is 0.345 e. The van der Waals surface area contributed by atoms with Crippen molar-refractivity contribution in [3.63, 3.8) is 0 Å². The van der Waals surface area contributed by atoms with Crippen LogP contribution in [0.2, 0.25) is 0 Å². The van der Waals surface area contributed by atoms with Crippen molar-refractivity contribution in [2.24, 2.45) is 0 Å². The first-order valence-electron chi connectivity index (χ1n) is 6.24. The molecule has 0 aliphatic carbocycles. The van der Waals surface area contributed by atoms with Gasteiger partial charge in [-0.15, -0.1) is 0 Å². The number of urea groups is 1. The quantitative estimate of drug-likeness (QED) is 0.875. The Morgan fingerprint density at radius 1 is 1.35 bits per heavy atom. The molecule has 0 unspecified atom stereocenters. The Bertz CT molecular complexity index is 621. The lowest BCUT2D eigenvalue weighted by molar-refractivity contribution is -0.0598. The molecule has 1 aromatic carbocycles. The molecular weight excluding hydrogens is 256 g/mol. The van der Waals surface area contributed by atoms with Crippen molar-refractivity contribution in [3.8, 4) is 5.69 Å². The van der Waals surface area contributed by atoms with Gasteiger partial charge in [0.25, 0.3) is 0 Å². The van der Waals surface area contributed by atoms with Crippen LogP contribution in [-0.4, -0.2) is 35.0 Å². The summed E-state index contributed by atoms with van der Waals surface area (Å²) < 4.78 is 1.84. The van der Waals surface area contributed by atoms with Gasteiger partial charge in [0.15, 0.2) is 0 Å². The predicted molar refractivity (Wildman–Crippen MR) is 76.8 cm³/mol. The van der Waals surface area contributed by atoms with Crippen molar-refractivity contribution < 1.29 is 9.63 Å². The van der Waals surface area contributed by atoms with E-state index in [1.54, 1.807) is 7.05 Å². The number of carbonyl (C=O) groups is 1. The molecule has 0 spiro atoms. The molecule has 106 valence electrons. The number of hydrogen-bond donors (Lipinski definition) is 1. The zero-order chi connectivity index (χ0) is 14.7. The summed E-state index contributed by atoms with van der Waals surface area (Å²) in [5, 5.41) is 8.29. The average Bonchev–Trinajstić information content (AvgIpc) is 2.77. The smallest absolute Gasteiger partial charge is 0.306 e. The molecule has 0 atom stereocenters. The van der Waals surface area contributed by atoms with E-state index in [0.717, 1.165) is 22.1 Å². The van der Waals surface area contributed by atoms with Crippen LogP contribution in [0.15, 0.2) is 30.3 Å². The van der Waals surface area contributed by atoms with Gasteiger partial charge in [0.1, 0.15) is 0 Å². The number of rotatable bonds is 3. The normalized spacial score (nSPS) is 10.4. The van der Waals surface area contributed by atoms with E-state index in [4.69, 9.17) is 4.84 Å². The molecule has 0 saturated heterocycles. The van der Waals surface area contributed by atoms with E-state index >= 15 is 0 Å². The van der Waals surface area contributed by atoms with Crippen LogP contribution in [0.1, 0.15) is 11.4 Å². The topological polar surface area (TPSA) is 59.4 Å². The number of aromatic nitrogens is 2. The lowest BCUT2D eigenvalue weighted by atomic mass is 10.2. The van der Waals surface area contributed by atoms with Gasteiger partial charge in [0.2, 0.25) is 0 Å². The van der Waals surface area contributed by atoms with Gasteiger partial charge in [-0.25, -0.2) is 14.5 Å². The van der Waals surface area contributed by atoms with Crippen LogP contribution in [0.4, 0.5) is 10.5 Å². The second-order valence-corrected chi connectivity index (χ2v) is 4.50. The van der Waals surface area contributed by atoms with Crippen molar-refractivity contribution in [1.29, 1.82) is 0 Å². The van der Waals surface area contributed by atoms with Crippen LogP contribution < -0.4 is 5.32 Å². The average molecular weight is 274 g/mol. The Hall–Kier alpha value is -2.34. The fourth-order valence-electron chi connectivity index (χ4n) is 1.89. The lowest BCUT2D eigenvalue weighted by Crippen LogP contribution is -2.30. The molecule has 0 radical (unpaired) electrons. The molecule has 0 fully saturated rings. The molecular formula is C14H18N4O2. The van der Waals surface area contributed by atoms with E-state index in [1.807, 2.05) is 48.9 Å². The zero-order valence-electron chi connectivity index (χ0n) is 12.0. The first-order chi connectivity index (χ1) is 9.51. The van der Waals surface area contributed by atoms with Crippen LogP contribution in [0.3, 0.4) is 0 Å². The van der Waals surface area contributed by atoms with Crippen molar-refractivity contribution in [2.45, 2.75) is 13.8 Å². The number of anilines is 1. The summed E-state index contributed by atoms with van der Waals surface area (Å²) >= 11 is 0. The number of aryl methyl sites for hydroxylation is 2. The highest BCUT2D eigenvalue weighted by atomic mass is 16.7. The van der Waals surface area contributed by atoms with Gasteiger partial charge in [-0.1, -0.05) is 6.07 Å². The standard InChI is InChI=1S/C14H18N4O2/c1-10-8-11(2)18(16-10)13-7-5-6-12(9-13)15-14(19)17(3)20-4/h5-9H,1-4H3,(H,15,19). The molecule has 0 aliphatic heterocycles. The molecule has 0 bridgehead atoms. The van der Waals surface area contributed by atoms with Crippen molar-refractivity contribution >= 4 is 11.7 Å². The van der Waals surface area contributed by atoms with Gasteiger partial charge in [0, 0.05) is 18.4 Å². The maximum Gasteiger partial charge on any atom is 0.345 e. The summed E-state index contributed by atoms with van der Waals surface area (Å²) in [5.74, 6) is 0. The molecule has 2 aromatic rings. The monoisotopic (exact) mass is 274 g/mol. The number of nitrogens with zero attached hydrogens (tertiary/aromatic N) is 3. The minimum Gasteiger partial charge on any atom is -0.306 e. The van der Waals surface area contributed by atoms with Crippen molar-refractivity contribution in [2.75, 3.05) is 19.5 Å². The highest BCUT2D eigenvalue weighted by molar-refractivity contribution is 5.88. The molecule has 1 aromatic heterocycles. The van der Waals surface area contributed by atoms with Crippen LogP contribution in [-0.2, 0) is 4.84 Å². The third-order valence-electron chi connectivity index (χ3n) is 2.91. The maximum atomic E-state index is 11.7. The first kappa shape index (κ1) is 14.1. The summed E-state index contributed by atoms with van der Waals surface area (Å²) in [4.78, 5) is 16.6. The maximum absolute atomic E-state index is 11.7. The Morgan fingerprint density at radius 3 is 2.70 bits per heavy atom. The molecule has 1 heterocycles. The lowest BCUT2D eigenvalue weighted by Gasteiger charge is -2.15.